The highest BCUT2D eigenvalue weighted by Gasteiger charge is 2.14. The van der Waals surface area contributed by atoms with E-state index in [0.29, 0.717) is 23.5 Å². The number of unbranched alkanes of at least 4 members (excludes halogenated alkanes) is 62. The average Bonchev–Trinajstić information content (AvgIpc) is 0.963. The molecule has 0 spiro atoms. The van der Waals surface area contributed by atoms with Gasteiger partial charge in [-0.1, -0.05) is 418 Å². The SMILES string of the molecule is CCCCC(CC)COCC(CS)OC(=S)NCCCCCCCCCCCCCCCCCCCCCCCCCCCCCCCCCCCCCCCCCCCCCCCCCCCCCCCCCCCCCCCCOCCCOCCCOCCCOCCCOCCCOCCCOCCCOCCCOCCCOCCCOC. The zero-order chi connectivity index (χ0) is 88.0. The van der Waals surface area contributed by atoms with Crippen molar-refractivity contribution in [1.29, 1.82) is 0 Å². The fourth-order valence-electron chi connectivity index (χ4n) is 16.4. The Balaban J connectivity index is 3.14. The van der Waals surface area contributed by atoms with Crippen LogP contribution >= 0.6 is 24.8 Å². The van der Waals surface area contributed by atoms with Gasteiger partial charge in [0.2, 0.25) is 0 Å². The van der Waals surface area contributed by atoms with E-state index in [1.807, 2.05) is 0 Å². The number of methoxy groups -OCH3 is 1. The van der Waals surface area contributed by atoms with Crippen molar-refractivity contribution >= 4 is 30.0 Å². The maximum absolute atomic E-state index is 5.98. The van der Waals surface area contributed by atoms with Gasteiger partial charge < -0.3 is 66.9 Å². The second kappa shape index (κ2) is 116. The van der Waals surface area contributed by atoms with Gasteiger partial charge in [0.15, 0.2) is 0 Å². The number of rotatable bonds is 115. The van der Waals surface area contributed by atoms with Gasteiger partial charge in [0.25, 0.3) is 5.17 Å². The molecule has 0 fully saturated rings. The smallest absolute Gasteiger partial charge is 0.257 e. The number of hydrogen-bond donors (Lipinski definition) is 2. The number of nitrogens with one attached hydrogen (secondary N) is 1. The summed E-state index contributed by atoms with van der Waals surface area (Å²) >= 11 is 9.91. The van der Waals surface area contributed by atoms with Gasteiger partial charge in [-0.3, -0.25) is 0 Å². The number of ether oxygens (including phenoxy) is 13. The van der Waals surface area contributed by atoms with Gasteiger partial charge in [0, 0.05) is 165 Å². The number of thiocarbonyl (C=S) groups is 1. The highest BCUT2D eigenvalue weighted by molar-refractivity contribution is 7.80. The van der Waals surface area contributed by atoms with E-state index in [9.17, 15) is 0 Å². The fraction of sp³-hybridized carbons (Fsp3) is 0.991. The molecule has 2 unspecified atom stereocenters. The summed E-state index contributed by atoms with van der Waals surface area (Å²) in [4.78, 5) is 0. The molecule has 0 aliphatic heterocycles. The summed E-state index contributed by atoms with van der Waals surface area (Å²) in [6.07, 6.45) is 104. The van der Waals surface area contributed by atoms with Crippen LogP contribution in [-0.2, 0) is 61.6 Å². The van der Waals surface area contributed by atoms with Crippen molar-refractivity contribution in [2.75, 3.05) is 171 Å². The second-order valence-electron chi connectivity index (χ2n) is 36.7. The topological polar surface area (TPSA) is 132 Å². The van der Waals surface area contributed by atoms with Gasteiger partial charge in [-0.05, 0) is 102 Å². The van der Waals surface area contributed by atoms with Crippen molar-refractivity contribution in [3.63, 3.8) is 0 Å². The van der Waals surface area contributed by atoms with E-state index >= 15 is 0 Å². The molecule has 14 nitrogen and oxygen atoms in total. The van der Waals surface area contributed by atoms with Crippen LogP contribution in [-0.4, -0.2) is 183 Å². The van der Waals surface area contributed by atoms with Gasteiger partial charge in [-0.25, -0.2) is 0 Å². The van der Waals surface area contributed by atoms with Gasteiger partial charge in [0.1, 0.15) is 6.10 Å². The van der Waals surface area contributed by atoms with Crippen molar-refractivity contribution < 1.29 is 61.6 Å². The van der Waals surface area contributed by atoms with Gasteiger partial charge >= 0.3 is 0 Å². The van der Waals surface area contributed by atoms with Crippen LogP contribution in [0.2, 0.25) is 0 Å². The molecule has 0 radical (unpaired) electrons. The summed E-state index contributed by atoms with van der Waals surface area (Å²) < 4.78 is 74.0. The van der Waals surface area contributed by atoms with Crippen molar-refractivity contribution in [2.24, 2.45) is 5.92 Å². The molecule has 1 N–H and O–H groups in total. The predicted octanol–water partition coefficient (Wildman–Crippen LogP) is 31.3. The molecule has 123 heavy (non-hydrogen) atoms. The molecule has 0 aliphatic carbocycles. The van der Waals surface area contributed by atoms with Crippen molar-refractivity contribution in [3.8, 4) is 0 Å². The molecule has 0 aliphatic rings. The molecule has 0 saturated carbocycles. The van der Waals surface area contributed by atoms with E-state index in [4.69, 9.17) is 73.8 Å². The number of thiol groups is 1. The van der Waals surface area contributed by atoms with E-state index in [2.05, 4.69) is 31.8 Å². The van der Waals surface area contributed by atoms with E-state index in [1.54, 1.807) is 7.11 Å². The van der Waals surface area contributed by atoms with Gasteiger partial charge in [0.05, 0.1) is 6.61 Å². The molecule has 0 aromatic carbocycles. The van der Waals surface area contributed by atoms with Crippen molar-refractivity contribution in [2.45, 2.75) is 508 Å². The van der Waals surface area contributed by atoms with Crippen molar-refractivity contribution in [3.05, 3.63) is 0 Å². The molecule has 0 bridgehead atoms. The first kappa shape index (κ1) is 123. The summed E-state index contributed by atoms with van der Waals surface area (Å²) in [5.74, 6) is 1.26. The Morgan fingerprint density at radius 2 is 0.398 bits per heavy atom. The minimum Gasteiger partial charge on any atom is -0.464 e. The second-order valence-corrected chi connectivity index (χ2v) is 37.4. The van der Waals surface area contributed by atoms with Crippen LogP contribution in [0.5, 0.6) is 0 Å². The first-order chi connectivity index (χ1) is 61.2. The molecular formula is C107H215NO13S2. The molecule has 0 aromatic rings. The molecule has 0 aromatic heterocycles. The first-order valence-corrected chi connectivity index (χ1v) is 55.6. The standard InChI is InChI=1S/C107H215NO13S2/c1-4-6-79-105(5-2)102-120-103-106(104-122)121-107(123)108-80-67-65-63-61-59-57-55-53-51-49-47-45-43-41-39-37-35-33-31-29-27-25-23-21-19-17-15-13-11-9-7-8-10-12-14-16-18-20-22-24-26-28-30-32-34-36-38-40-42-44-46-48-50-52-54-56-58-60-62-64-66-68-82-110-84-70-86-112-88-72-90-114-92-74-94-116-96-76-98-118-100-78-101-119-99-77-97-117-95-75-93-115-91-73-89-113-87-71-85-111-83-69-81-109-3/h105-106,122H,4-104H2,1-3H3,(H,108,123). The normalized spacial score (nSPS) is 12.3. The summed E-state index contributed by atoms with van der Waals surface area (Å²) in [7, 11) is 1.71. The lowest BCUT2D eigenvalue weighted by molar-refractivity contribution is 0.0339. The third-order valence-corrected chi connectivity index (χ3v) is 25.1. The highest BCUT2D eigenvalue weighted by atomic mass is 32.1. The Morgan fingerprint density at radius 1 is 0.220 bits per heavy atom. The molecule has 16 heteroatoms. The molecule has 738 valence electrons. The zero-order valence-corrected chi connectivity index (χ0v) is 84.4. The van der Waals surface area contributed by atoms with Crippen LogP contribution in [0.3, 0.4) is 0 Å². The monoisotopic (exact) mass is 1790 g/mol. The summed E-state index contributed by atoms with van der Waals surface area (Å²) in [5, 5.41) is 3.79. The Labute approximate surface area is 777 Å². The molecule has 2 atom stereocenters. The Hall–Kier alpha value is -0.440. The predicted molar refractivity (Wildman–Crippen MR) is 536 cm³/mol. The Kier molecular flexibility index (Phi) is 115. The van der Waals surface area contributed by atoms with Crippen LogP contribution in [0, 0.1) is 5.92 Å². The van der Waals surface area contributed by atoms with Crippen LogP contribution in [0.25, 0.3) is 0 Å². The van der Waals surface area contributed by atoms with Crippen LogP contribution < -0.4 is 5.32 Å². The molecule has 0 saturated heterocycles. The third-order valence-electron chi connectivity index (χ3n) is 24.5. The minimum absolute atomic E-state index is 0.0840. The highest BCUT2D eigenvalue weighted by Crippen LogP contribution is 2.22. The lowest BCUT2D eigenvalue weighted by Crippen LogP contribution is -2.33. The molecule has 0 rings (SSSR count). The Morgan fingerprint density at radius 3 is 0.577 bits per heavy atom. The third kappa shape index (κ3) is 112. The average molecular weight is 1790 g/mol. The maximum atomic E-state index is 5.98. The minimum atomic E-state index is -0.0840. The molecule has 0 amide bonds. The van der Waals surface area contributed by atoms with Crippen LogP contribution in [0.4, 0.5) is 0 Å². The fourth-order valence-corrected chi connectivity index (χ4v) is 16.8. The lowest BCUT2D eigenvalue weighted by atomic mass is 10.0. The summed E-state index contributed by atoms with van der Waals surface area (Å²) in [6, 6.07) is 0. The zero-order valence-electron chi connectivity index (χ0n) is 82.7. The van der Waals surface area contributed by atoms with E-state index in [-0.39, 0.29) is 6.10 Å². The number of hydrogen-bond acceptors (Lipinski definition) is 15. The van der Waals surface area contributed by atoms with Gasteiger partial charge in [-0.15, -0.1) is 0 Å². The quantitative estimate of drug-likeness (QED) is 0.0340. The van der Waals surface area contributed by atoms with E-state index in [0.717, 1.165) is 223 Å². The van der Waals surface area contributed by atoms with Crippen LogP contribution in [0.1, 0.15) is 502 Å². The van der Waals surface area contributed by atoms with E-state index < -0.39 is 0 Å². The summed E-state index contributed by atoms with van der Waals surface area (Å²) in [5.41, 5.74) is 0. The van der Waals surface area contributed by atoms with Gasteiger partial charge in [-0.2, -0.15) is 12.6 Å². The first-order valence-electron chi connectivity index (χ1n) is 54.6. The molecule has 0 heterocycles. The molecular weight excluding hydrogens is 1570 g/mol. The maximum Gasteiger partial charge on any atom is 0.257 e. The van der Waals surface area contributed by atoms with Crippen molar-refractivity contribution in [1.82, 2.24) is 5.32 Å². The lowest BCUT2D eigenvalue weighted by Gasteiger charge is -2.20. The summed E-state index contributed by atoms with van der Waals surface area (Å²) in [6.45, 7) is 22.4. The van der Waals surface area contributed by atoms with E-state index in [1.165, 1.54) is 417 Å². The largest absolute Gasteiger partial charge is 0.464 e. The Bertz CT molecular complexity index is 1830. The van der Waals surface area contributed by atoms with Crippen LogP contribution in [0.15, 0.2) is 0 Å².